The normalized spacial score (nSPS) is 11.8. The van der Waals surface area contributed by atoms with Gasteiger partial charge < -0.3 is 12.5 Å². The molecule has 0 saturated carbocycles. The molecule has 0 atom stereocenters. The molecule has 23 heavy (non-hydrogen) atoms. The third kappa shape index (κ3) is 6.42. The summed E-state index contributed by atoms with van der Waals surface area (Å²) < 4.78 is 62.8. The first-order valence-electron chi connectivity index (χ1n) is 5.94. The van der Waals surface area contributed by atoms with Crippen LogP contribution in [0.4, 0.5) is 17.6 Å². The highest BCUT2D eigenvalue weighted by atomic mass is 127. The number of rotatable bonds is 6. The van der Waals surface area contributed by atoms with Gasteiger partial charge in [0.15, 0.2) is 23.0 Å². The van der Waals surface area contributed by atoms with E-state index in [0.717, 1.165) is 12.1 Å². The third-order valence-electron chi connectivity index (χ3n) is 2.21. The average molecular weight is 448 g/mol. The maximum Gasteiger partial charge on any atom is 0.573 e. The first-order chi connectivity index (χ1) is 10.7. The van der Waals surface area contributed by atoms with Gasteiger partial charge in [0.1, 0.15) is 17.3 Å². The molecular weight excluding hydrogens is 439 g/mol. The van der Waals surface area contributed by atoms with Crippen LogP contribution in [-0.4, -0.2) is 24.7 Å². The van der Waals surface area contributed by atoms with Crippen molar-refractivity contribution in [3.63, 3.8) is 0 Å². The Kier molecular flexibility index (Phi) is 6.79. The first-order valence-corrected chi connectivity index (χ1v) is 6.82. The quantitative estimate of drug-likeness (QED) is 0.166. The molecule has 5 nitrogen and oxygen atoms in total. The van der Waals surface area contributed by atoms with Gasteiger partial charge in [-0.1, -0.05) is 0 Å². The molecule has 0 bridgehead atoms. The van der Waals surface area contributed by atoms with E-state index in [1.165, 1.54) is 29.9 Å². The minimum atomic E-state index is -5.01. The lowest BCUT2D eigenvalue weighted by Gasteiger charge is -2.11. The van der Waals surface area contributed by atoms with Crippen molar-refractivity contribution in [3.8, 4) is 5.75 Å². The summed E-state index contributed by atoms with van der Waals surface area (Å²) in [7, 11) is 0. The maximum atomic E-state index is 13.4. The van der Waals surface area contributed by atoms with Gasteiger partial charge in [0.25, 0.3) is 5.78 Å². The molecular formula is C13H9F4IO5. The number of hydrogen-bond acceptors (Lipinski definition) is 5. The van der Waals surface area contributed by atoms with Crippen LogP contribution in [0.2, 0.25) is 0 Å². The third-order valence-corrected chi connectivity index (χ3v) is 2.69. The molecule has 0 fully saturated rings. The molecule has 0 saturated heterocycles. The maximum absolute atomic E-state index is 13.4. The average Bonchev–Trinajstić information content (AvgIpc) is 2.42. The van der Waals surface area contributed by atoms with Crippen molar-refractivity contribution in [3.05, 3.63) is 35.7 Å². The SMILES string of the molecule is CCOC(=O)C(=O)/C=C(\OI)c1cc(F)cc(OC(F)(F)F)c1. The Balaban J connectivity index is 3.15. The summed E-state index contributed by atoms with van der Waals surface area (Å²) in [5, 5.41) is 0. The van der Waals surface area contributed by atoms with E-state index < -0.39 is 29.7 Å². The molecule has 1 aromatic carbocycles. The molecule has 1 aromatic rings. The van der Waals surface area contributed by atoms with E-state index in [1.807, 2.05) is 0 Å². The van der Waals surface area contributed by atoms with Gasteiger partial charge in [0.05, 0.1) is 6.61 Å². The number of hydrogen-bond donors (Lipinski definition) is 0. The van der Waals surface area contributed by atoms with Crippen LogP contribution >= 0.6 is 23.0 Å². The fourth-order valence-corrected chi connectivity index (χ4v) is 1.81. The minimum Gasteiger partial charge on any atom is -0.460 e. The van der Waals surface area contributed by atoms with Crippen LogP contribution < -0.4 is 4.74 Å². The zero-order chi connectivity index (χ0) is 17.6. The highest BCUT2D eigenvalue weighted by Crippen LogP contribution is 2.28. The van der Waals surface area contributed by atoms with Crippen LogP contribution in [0.5, 0.6) is 5.75 Å². The number of alkyl halides is 3. The number of esters is 1. The minimum absolute atomic E-state index is 0.0393. The Morgan fingerprint density at radius 3 is 2.43 bits per heavy atom. The molecule has 0 N–H and O–H groups in total. The smallest absolute Gasteiger partial charge is 0.460 e. The van der Waals surface area contributed by atoms with Crippen LogP contribution in [0.1, 0.15) is 12.5 Å². The number of halogens is 5. The van der Waals surface area contributed by atoms with Gasteiger partial charge in [0, 0.05) is 17.7 Å². The molecule has 1 rings (SSSR count). The molecule has 0 radical (unpaired) electrons. The number of ether oxygens (including phenoxy) is 2. The topological polar surface area (TPSA) is 61.8 Å². The second-order valence-corrected chi connectivity index (χ2v) is 4.33. The monoisotopic (exact) mass is 448 g/mol. The Bertz CT molecular complexity index is 627. The second-order valence-electron chi connectivity index (χ2n) is 3.89. The fourth-order valence-electron chi connectivity index (χ4n) is 1.43. The van der Waals surface area contributed by atoms with Gasteiger partial charge in [0.2, 0.25) is 0 Å². The number of benzene rings is 1. The molecule has 0 aliphatic rings. The molecule has 0 aliphatic heterocycles. The number of carbonyl (C=O) groups is 2. The highest BCUT2D eigenvalue weighted by molar-refractivity contribution is 14.1. The van der Waals surface area contributed by atoms with Crippen molar-refractivity contribution >= 4 is 40.5 Å². The van der Waals surface area contributed by atoms with Crippen molar-refractivity contribution in [2.45, 2.75) is 13.3 Å². The lowest BCUT2D eigenvalue weighted by molar-refractivity contribution is -0.274. The summed E-state index contributed by atoms with van der Waals surface area (Å²) in [6.45, 7) is 1.44. The van der Waals surface area contributed by atoms with Crippen LogP contribution in [0.25, 0.3) is 5.76 Å². The Morgan fingerprint density at radius 2 is 1.91 bits per heavy atom. The van der Waals surface area contributed by atoms with Crippen molar-refractivity contribution < 1.29 is 39.7 Å². The Labute approximate surface area is 141 Å². The predicted molar refractivity (Wildman–Crippen MR) is 77.8 cm³/mol. The van der Waals surface area contributed by atoms with Crippen LogP contribution in [-0.2, 0) is 17.4 Å². The molecule has 0 aromatic heterocycles. The summed E-state index contributed by atoms with van der Waals surface area (Å²) in [5.41, 5.74) is -0.226. The predicted octanol–water partition coefficient (Wildman–Crippen LogP) is 3.56. The van der Waals surface area contributed by atoms with Crippen LogP contribution in [0.3, 0.4) is 0 Å². The lowest BCUT2D eigenvalue weighted by atomic mass is 10.1. The Hall–Kier alpha value is -1.85. The molecule has 0 aliphatic carbocycles. The van der Waals surface area contributed by atoms with Gasteiger partial charge in [-0.05, 0) is 19.1 Å². The molecule has 0 unspecified atom stereocenters. The summed E-state index contributed by atoms with van der Waals surface area (Å²) in [6, 6.07) is 2.13. The standard InChI is InChI=1S/C13H9F4IO5/c1-2-21-12(20)10(19)6-11(23-18)7-3-8(14)5-9(4-7)22-13(15,16)17/h3-6H,2H2,1H3/b11-6-. The van der Waals surface area contributed by atoms with E-state index in [0.29, 0.717) is 12.1 Å². The van der Waals surface area contributed by atoms with E-state index in [9.17, 15) is 27.2 Å². The van der Waals surface area contributed by atoms with E-state index in [-0.39, 0.29) is 17.9 Å². The van der Waals surface area contributed by atoms with Gasteiger partial charge >= 0.3 is 12.3 Å². The second kappa shape index (κ2) is 8.13. The van der Waals surface area contributed by atoms with E-state index >= 15 is 0 Å². The zero-order valence-electron chi connectivity index (χ0n) is 11.4. The zero-order valence-corrected chi connectivity index (χ0v) is 13.6. The summed E-state index contributed by atoms with van der Waals surface area (Å²) in [5.74, 6) is -4.52. The van der Waals surface area contributed by atoms with Crippen molar-refractivity contribution in [2.75, 3.05) is 6.61 Å². The Morgan fingerprint density at radius 1 is 1.26 bits per heavy atom. The highest BCUT2D eigenvalue weighted by Gasteiger charge is 2.31. The fraction of sp³-hybridized carbons (Fsp3) is 0.231. The van der Waals surface area contributed by atoms with Gasteiger partial charge in [-0.25, -0.2) is 9.18 Å². The van der Waals surface area contributed by atoms with Crippen LogP contribution in [0, 0.1) is 5.82 Å². The number of ketones is 1. The van der Waals surface area contributed by atoms with Gasteiger partial charge in [-0.3, -0.25) is 4.79 Å². The summed E-state index contributed by atoms with van der Waals surface area (Å²) in [6.07, 6.45) is -4.34. The van der Waals surface area contributed by atoms with E-state index in [4.69, 9.17) is 3.07 Å². The summed E-state index contributed by atoms with van der Waals surface area (Å²) >= 11 is 1.32. The van der Waals surface area contributed by atoms with Crippen molar-refractivity contribution in [1.82, 2.24) is 0 Å². The first kappa shape index (κ1) is 19.2. The summed E-state index contributed by atoms with van der Waals surface area (Å²) in [4.78, 5) is 22.8. The lowest BCUT2D eigenvalue weighted by Crippen LogP contribution is -2.17. The largest absolute Gasteiger partial charge is 0.573 e. The number of carbonyl (C=O) groups excluding carboxylic acids is 2. The van der Waals surface area contributed by atoms with E-state index in [1.54, 1.807) is 0 Å². The van der Waals surface area contributed by atoms with Gasteiger partial charge in [-0.15, -0.1) is 13.2 Å². The van der Waals surface area contributed by atoms with Crippen molar-refractivity contribution in [2.24, 2.45) is 0 Å². The van der Waals surface area contributed by atoms with Crippen LogP contribution in [0.15, 0.2) is 24.3 Å². The van der Waals surface area contributed by atoms with Gasteiger partial charge in [-0.2, -0.15) is 0 Å². The van der Waals surface area contributed by atoms with Crippen molar-refractivity contribution in [1.29, 1.82) is 0 Å². The molecule has 10 heteroatoms. The van der Waals surface area contributed by atoms with E-state index in [2.05, 4.69) is 9.47 Å². The molecule has 0 spiro atoms. The molecule has 0 heterocycles. The molecule has 126 valence electrons. The molecule has 0 amide bonds.